The summed E-state index contributed by atoms with van der Waals surface area (Å²) in [5.41, 5.74) is 2.91. The zero-order valence-corrected chi connectivity index (χ0v) is 8.62. The minimum absolute atomic E-state index is 0.662. The maximum Gasteiger partial charge on any atom is 0.0398 e. The van der Waals surface area contributed by atoms with Crippen LogP contribution >= 0.6 is 0 Å². The van der Waals surface area contributed by atoms with Gasteiger partial charge in [0.05, 0.1) is 0 Å². The molecular formula is C12H17N. The first-order chi connectivity index (χ1) is 6.20. The van der Waals surface area contributed by atoms with Crippen molar-refractivity contribution in [1.82, 2.24) is 0 Å². The van der Waals surface area contributed by atoms with E-state index in [4.69, 9.17) is 0 Å². The lowest BCUT2D eigenvalue weighted by atomic mass is 9.88. The number of rotatable bonds is 0. The molecule has 1 heterocycles. The Bertz CT molecular complexity index is 306. The van der Waals surface area contributed by atoms with Crippen LogP contribution in [-0.4, -0.2) is 13.1 Å². The highest BCUT2D eigenvalue weighted by Crippen LogP contribution is 2.31. The molecule has 2 atom stereocenters. The summed E-state index contributed by atoms with van der Waals surface area (Å²) in [6, 6.07) is 9.38. The number of nitrogens with zero attached hydrogens (tertiary/aromatic N) is 1. The van der Waals surface area contributed by atoms with Crippen LogP contribution in [0.25, 0.3) is 0 Å². The van der Waals surface area contributed by atoms with Gasteiger partial charge >= 0.3 is 0 Å². The highest BCUT2D eigenvalue weighted by Gasteiger charge is 2.25. The van der Waals surface area contributed by atoms with E-state index in [-0.39, 0.29) is 0 Å². The Morgan fingerprint density at radius 3 is 2.69 bits per heavy atom. The maximum atomic E-state index is 2.39. The van der Waals surface area contributed by atoms with Crippen molar-refractivity contribution in [3.05, 3.63) is 29.8 Å². The molecule has 0 saturated carbocycles. The Morgan fingerprint density at radius 1 is 1.23 bits per heavy atom. The Hall–Kier alpha value is -0.980. The van der Waals surface area contributed by atoms with E-state index in [9.17, 15) is 0 Å². The molecule has 0 fully saturated rings. The molecule has 1 aromatic carbocycles. The first kappa shape index (κ1) is 8.61. The molecule has 1 unspecified atom stereocenters. The van der Waals surface area contributed by atoms with Crippen LogP contribution in [-0.2, 0) is 6.42 Å². The summed E-state index contributed by atoms with van der Waals surface area (Å²) in [7, 11) is 2.19. The van der Waals surface area contributed by atoms with E-state index in [1.54, 1.807) is 0 Å². The van der Waals surface area contributed by atoms with Gasteiger partial charge in [0, 0.05) is 18.8 Å². The molecule has 0 amide bonds. The van der Waals surface area contributed by atoms with E-state index in [1.165, 1.54) is 17.7 Å². The molecule has 0 aliphatic carbocycles. The molecule has 13 heavy (non-hydrogen) atoms. The van der Waals surface area contributed by atoms with Crippen LogP contribution in [0, 0.1) is 5.92 Å². The summed E-state index contributed by atoms with van der Waals surface area (Å²) in [6.07, 6.45) is 1.22. The first-order valence-electron chi connectivity index (χ1n) is 5.01. The largest absolute Gasteiger partial charge is 0.371 e. The highest BCUT2D eigenvalue weighted by atomic mass is 15.1. The Kier molecular flexibility index (Phi) is 2.03. The number of benzene rings is 1. The lowest BCUT2D eigenvalue weighted by Crippen LogP contribution is -2.39. The van der Waals surface area contributed by atoms with Gasteiger partial charge in [0.25, 0.3) is 0 Å². The molecule has 0 N–H and O–H groups in total. The predicted octanol–water partition coefficient (Wildman–Crippen LogP) is 2.70. The number of hydrogen-bond donors (Lipinski definition) is 0. The lowest BCUT2D eigenvalue weighted by Gasteiger charge is -2.38. The second kappa shape index (κ2) is 3.06. The van der Waals surface area contributed by atoms with Crippen molar-refractivity contribution in [1.29, 1.82) is 0 Å². The fraction of sp³-hybridized carbons (Fsp3) is 0.500. The highest BCUT2D eigenvalue weighted by molar-refractivity contribution is 5.55. The lowest BCUT2D eigenvalue weighted by molar-refractivity contribution is 0.443. The van der Waals surface area contributed by atoms with Gasteiger partial charge in [0.1, 0.15) is 0 Å². The second-order valence-corrected chi connectivity index (χ2v) is 4.16. The molecule has 1 nitrogen and oxygen atoms in total. The van der Waals surface area contributed by atoms with E-state index >= 15 is 0 Å². The molecule has 1 heteroatoms. The summed E-state index contributed by atoms with van der Waals surface area (Å²) < 4.78 is 0. The molecular weight excluding hydrogens is 158 g/mol. The maximum absolute atomic E-state index is 2.39. The van der Waals surface area contributed by atoms with Crippen molar-refractivity contribution in [2.45, 2.75) is 26.3 Å². The third-order valence-corrected chi connectivity index (χ3v) is 3.35. The van der Waals surface area contributed by atoms with E-state index in [1.807, 2.05) is 0 Å². The fourth-order valence-corrected chi connectivity index (χ4v) is 2.15. The third-order valence-electron chi connectivity index (χ3n) is 3.35. The Balaban J connectivity index is 2.43. The molecule has 0 saturated heterocycles. The van der Waals surface area contributed by atoms with Crippen LogP contribution in [0.5, 0.6) is 0 Å². The number of fused-ring (bicyclic) bond motifs is 1. The van der Waals surface area contributed by atoms with Gasteiger partial charge in [-0.3, -0.25) is 0 Å². The van der Waals surface area contributed by atoms with Gasteiger partial charge < -0.3 is 4.90 Å². The Labute approximate surface area is 80.4 Å². The quantitative estimate of drug-likeness (QED) is 0.586. The summed E-state index contributed by atoms with van der Waals surface area (Å²) in [6.45, 7) is 4.64. The topological polar surface area (TPSA) is 3.24 Å². The second-order valence-electron chi connectivity index (χ2n) is 4.16. The molecule has 0 bridgehead atoms. The summed E-state index contributed by atoms with van der Waals surface area (Å²) in [5, 5.41) is 0. The van der Waals surface area contributed by atoms with Gasteiger partial charge in [0.15, 0.2) is 0 Å². The predicted molar refractivity (Wildman–Crippen MR) is 57.2 cm³/mol. The molecule has 70 valence electrons. The van der Waals surface area contributed by atoms with Crippen LogP contribution < -0.4 is 4.90 Å². The van der Waals surface area contributed by atoms with Crippen LogP contribution in [0.3, 0.4) is 0 Å². The van der Waals surface area contributed by atoms with Crippen LogP contribution in [0.15, 0.2) is 24.3 Å². The minimum atomic E-state index is 0.662. The smallest absolute Gasteiger partial charge is 0.0398 e. The van der Waals surface area contributed by atoms with Gasteiger partial charge in [-0.15, -0.1) is 0 Å². The van der Waals surface area contributed by atoms with Crippen molar-refractivity contribution < 1.29 is 0 Å². The Morgan fingerprint density at radius 2 is 1.92 bits per heavy atom. The van der Waals surface area contributed by atoms with Crippen LogP contribution in [0.4, 0.5) is 5.69 Å². The SMILES string of the molecule is CC1Cc2ccccc2N(C)[C@H]1C. The zero-order chi connectivity index (χ0) is 9.42. The molecule has 1 aliphatic rings. The average Bonchev–Trinajstić information content (AvgIpc) is 2.15. The van der Waals surface area contributed by atoms with Gasteiger partial charge in [0.2, 0.25) is 0 Å². The molecule has 0 aromatic heterocycles. The zero-order valence-electron chi connectivity index (χ0n) is 8.62. The number of hydrogen-bond acceptors (Lipinski definition) is 1. The standard InChI is InChI=1S/C12H17N/c1-9-8-11-6-4-5-7-12(11)13(3)10(9)2/h4-7,9-10H,8H2,1-3H3/t9?,10-/m0/s1. The van der Waals surface area contributed by atoms with Crippen molar-refractivity contribution >= 4 is 5.69 Å². The summed E-state index contributed by atoms with van der Waals surface area (Å²) in [4.78, 5) is 2.39. The minimum Gasteiger partial charge on any atom is -0.371 e. The van der Waals surface area contributed by atoms with E-state index in [0.717, 1.165) is 5.92 Å². The van der Waals surface area contributed by atoms with E-state index in [0.29, 0.717) is 6.04 Å². The van der Waals surface area contributed by atoms with Crippen molar-refractivity contribution in [3.8, 4) is 0 Å². The van der Waals surface area contributed by atoms with E-state index < -0.39 is 0 Å². The first-order valence-corrected chi connectivity index (χ1v) is 5.01. The molecule has 1 aliphatic heterocycles. The molecule has 1 aromatic rings. The summed E-state index contributed by atoms with van der Waals surface area (Å²) >= 11 is 0. The van der Waals surface area contributed by atoms with Crippen molar-refractivity contribution in [2.75, 3.05) is 11.9 Å². The van der Waals surface area contributed by atoms with Crippen LogP contribution in [0.1, 0.15) is 19.4 Å². The van der Waals surface area contributed by atoms with Gasteiger partial charge in [-0.1, -0.05) is 25.1 Å². The molecule has 0 spiro atoms. The van der Waals surface area contributed by atoms with Gasteiger partial charge in [-0.25, -0.2) is 0 Å². The van der Waals surface area contributed by atoms with Gasteiger partial charge in [-0.2, -0.15) is 0 Å². The average molecular weight is 175 g/mol. The normalized spacial score (nSPS) is 27.2. The fourth-order valence-electron chi connectivity index (χ4n) is 2.15. The number of anilines is 1. The molecule has 2 rings (SSSR count). The van der Waals surface area contributed by atoms with Crippen molar-refractivity contribution in [2.24, 2.45) is 5.92 Å². The van der Waals surface area contributed by atoms with E-state index in [2.05, 4.69) is 50.1 Å². The summed E-state index contributed by atoms with van der Waals surface area (Å²) in [5.74, 6) is 0.764. The third kappa shape index (κ3) is 1.32. The number of para-hydroxylation sites is 1. The van der Waals surface area contributed by atoms with Crippen molar-refractivity contribution in [3.63, 3.8) is 0 Å². The molecule has 0 radical (unpaired) electrons. The monoisotopic (exact) mass is 175 g/mol. The van der Waals surface area contributed by atoms with Crippen LogP contribution in [0.2, 0.25) is 0 Å². The van der Waals surface area contributed by atoms with Gasteiger partial charge in [-0.05, 0) is 30.9 Å².